The summed E-state index contributed by atoms with van der Waals surface area (Å²) >= 11 is 0. The van der Waals surface area contributed by atoms with Gasteiger partial charge in [0.2, 0.25) is 15.9 Å². The summed E-state index contributed by atoms with van der Waals surface area (Å²) in [6, 6.07) is 13.2. The molecule has 0 bridgehead atoms. The molecule has 0 saturated heterocycles. The highest BCUT2D eigenvalue weighted by molar-refractivity contribution is 7.89. The van der Waals surface area contributed by atoms with Crippen molar-refractivity contribution in [2.45, 2.75) is 18.7 Å². The standard InChI is InChI=1S/C18H19N3O3S/c1-13-6-4-7-14(2)18(13)20-17(22)12-21(3)25(23,24)16-9-5-8-15(10-16)11-19/h4-10H,12H2,1-3H3,(H,20,22). The number of aryl methyl sites for hydroxylation is 2. The molecule has 130 valence electrons. The molecule has 0 aliphatic rings. The van der Waals surface area contributed by atoms with Crippen molar-refractivity contribution in [3.8, 4) is 6.07 Å². The Morgan fingerprint density at radius 3 is 2.36 bits per heavy atom. The molecule has 0 unspecified atom stereocenters. The van der Waals surface area contributed by atoms with Gasteiger partial charge < -0.3 is 5.32 Å². The number of hydrogen-bond donors (Lipinski definition) is 1. The van der Waals surface area contributed by atoms with E-state index in [9.17, 15) is 13.2 Å². The van der Waals surface area contributed by atoms with Gasteiger partial charge >= 0.3 is 0 Å². The molecule has 1 amide bonds. The van der Waals surface area contributed by atoms with E-state index in [2.05, 4.69) is 5.32 Å². The molecular formula is C18H19N3O3S. The number of sulfonamides is 1. The van der Waals surface area contributed by atoms with Gasteiger partial charge in [0.1, 0.15) is 0 Å². The number of rotatable bonds is 5. The lowest BCUT2D eigenvalue weighted by Crippen LogP contribution is -2.35. The van der Waals surface area contributed by atoms with E-state index < -0.39 is 15.9 Å². The Morgan fingerprint density at radius 1 is 1.16 bits per heavy atom. The first-order chi connectivity index (χ1) is 11.8. The van der Waals surface area contributed by atoms with E-state index in [0.717, 1.165) is 15.4 Å². The minimum atomic E-state index is -3.86. The van der Waals surface area contributed by atoms with Gasteiger partial charge in [0.05, 0.1) is 23.1 Å². The van der Waals surface area contributed by atoms with Crippen molar-refractivity contribution in [3.05, 3.63) is 59.2 Å². The molecule has 0 spiro atoms. The molecule has 25 heavy (non-hydrogen) atoms. The number of hydrogen-bond acceptors (Lipinski definition) is 4. The van der Waals surface area contributed by atoms with E-state index in [1.54, 1.807) is 0 Å². The quantitative estimate of drug-likeness (QED) is 0.890. The molecule has 2 aromatic rings. The van der Waals surface area contributed by atoms with Crippen molar-refractivity contribution < 1.29 is 13.2 Å². The fourth-order valence-electron chi connectivity index (χ4n) is 2.38. The van der Waals surface area contributed by atoms with Crippen LogP contribution >= 0.6 is 0 Å². The highest BCUT2D eigenvalue weighted by Gasteiger charge is 2.23. The molecule has 0 aliphatic carbocycles. The number of anilines is 1. The molecule has 7 heteroatoms. The summed E-state index contributed by atoms with van der Waals surface area (Å²) in [5.41, 5.74) is 2.74. The second-order valence-electron chi connectivity index (χ2n) is 5.72. The number of nitriles is 1. The predicted octanol–water partition coefficient (Wildman–Crippen LogP) is 2.43. The molecular weight excluding hydrogens is 338 g/mol. The second-order valence-corrected chi connectivity index (χ2v) is 7.76. The smallest absolute Gasteiger partial charge is 0.243 e. The van der Waals surface area contributed by atoms with Crippen LogP contribution in [-0.4, -0.2) is 32.2 Å². The fourth-order valence-corrected chi connectivity index (χ4v) is 3.56. The Balaban J connectivity index is 2.16. The predicted molar refractivity (Wildman–Crippen MR) is 95.5 cm³/mol. The Labute approximate surface area is 147 Å². The zero-order valence-corrected chi connectivity index (χ0v) is 15.1. The molecule has 0 atom stereocenters. The highest BCUT2D eigenvalue weighted by Crippen LogP contribution is 2.20. The van der Waals surface area contributed by atoms with Gasteiger partial charge in [-0.05, 0) is 43.2 Å². The zero-order chi connectivity index (χ0) is 18.6. The first-order valence-electron chi connectivity index (χ1n) is 7.58. The summed E-state index contributed by atoms with van der Waals surface area (Å²) < 4.78 is 26.1. The third-order valence-corrected chi connectivity index (χ3v) is 5.58. The van der Waals surface area contributed by atoms with Crippen molar-refractivity contribution in [1.29, 1.82) is 5.26 Å². The van der Waals surface area contributed by atoms with Crippen molar-refractivity contribution in [1.82, 2.24) is 4.31 Å². The number of nitrogens with one attached hydrogen (secondary N) is 1. The molecule has 2 rings (SSSR count). The van der Waals surface area contributed by atoms with Crippen LogP contribution in [0.25, 0.3) is 0 Å². The van der Waals surface area contributed by atoms with Crippen LogP contribution < -0.4 is 5.32 Å². The van der Waals surface area contributed by atoms with E-state index in [1.807, 2.05) is 38.1 Å². The number of likely N-dealkylation sites (N-methyl/N-ethyl adjacent to an activating group) is 1. The maximum atomic E-state index is 12.6. The lowest BCUT2D eigenvalue weighted by atomic mass is 10.1. The Morgan fingerprint density at radius 2 is 1.76 bits per heavy atom. The summed E-state index contributed by atoms with van der Waals surface area (Å²) in [5, 5.41) is 11.7. The van der Waals surface area contributed by atoms with Gasteiger partial charge in [0, 0.05) is 12.7 Å². The third-order valence-electron chi connectivity index (χ3n) is 3.78. The summed E-state index contributed by atoms with van der Waals surface area (Å²) in [4.78, 5) is 12.2. The van der Waals surface area contributed by atoms with Crippen molar-refractivity contribution in [2.24, 2.45) is 0 Å². The van der Waals surface area contributed by atoms with E-state index in [-0.39, 0.29) is 17.0 Å². The van der Waals surface area contributed by atoms with Gasteiger partial charge in [-0.25, -0.2) is 8.42 Å². The highest BCUT2D eigenvalue weighted by atomic mass is 32.2. The van der Waals surface area contributed by atoms with Gasteiger partial charge in [0.15, 0.2) is 0 Å². The Bertz CT molecular complexity index is 926. The second kappa shape index (κ2) is 7.47. The van der Waals surface area contributed by atoms with Gasteiger partial charge in [-0.3, -0.25) is 4.79 Å². The average molecular weight is 357 g/mol. The topological polar surface area (TPSA) is 90.3 Å². The van der Waals surface area contributed by atoms with Crippen molar-refractivity contribution in [2.75, 3.05) is 18.9 Å². The van der Waals surface area contributed by atoms with Crippen LogP contribution in [0.15, 0.2) is 47.4 Å². The number of benzene rings is 2. The van der Waals surface area contributed by atoms with Crippen molar-refractivity contribution in [3.63, 3.8) is 0 Å². The van der Waals surface area contributed by atoms with Gasteiger partial charge in [0.25, 0.3) is 0 Å². The summed E-state index contributed by atoms with van der Waals surface area (Å²) in [7, 11) is -2.53. The van der Waals surface area contributed by atoms with Crippen molar-refractivity contribution >= 4 is 21.6 Å². The maximum absolute atomic E-state index is 12.6. The molecule has 0 heterocycles. The van der Waals surface area contributed by atoms with Crippen LogP contribution in [0, 0.1) is 25.2 Å². The number of para-hydroxylation sites is 1. The lowest BCUT2D eigenvalue weighted by Gasteiger charge is -2.18. The number of carbonyl (C=O) groups excluding carboxylic acids is 1. The molecule has 0 aromatic heterocycles. The van der Waals surface area contributed by atoms with Crippen LogP contribution in [0.4, 0.5) is 5.69 Å². The summed E-state index contributed by atoms with van der Waals surface area (Å²) in [6.45, 7) is 3.42. The first-order valence-corrected chi connectivity index (χ1v) is 9.02. The minimum Gasteiger partial charge on any atom is -0.324 e. The molecule has 1 N–H and O–H groups in total. The van der Waals surface area contributed by atoms with E-state index >= 15 is 0 Å². The van der Waals surface area contributed by atoms with Gasteiger partial charge in [-0.2, -0.15) is 9.57 Å². The number of nitrogens with zero attached hydrogens (tertiary/aromatic N) is 2. The van der Waals surface area contributed by atoms with Crippen LogP contribution in [0.3, 0.4) is 0 Å². The molecule has 0 fully saturated rings. The summed E-state index contributed by atoms with van der Waals surface area (Å²) in [5.74, 6) is -0.431. The number of amides is 1. The van der Waals surface area contributed by atoms with E-state index in [1.165, 1.54) is 31.3 Å². The average Bonchev–Trinajstić information content (AvgIpc) is 2.58. The van der Waals surface area contributed by atoms with Gasteiger partial charge in [-0.15, -0.1) is 0 Å². The third kappa shape index (κ3) is 4.24. The lowest BCUT2D eigenvalue weighted by molar-refractivity contribution is -0.116. The van der Waals surface area contributed by atoms with Crippen LogP contribution in [-0.2, 0) is 14.8 Å². The van der Waals surface area contributed by atoms with E-state index in [0.29, 0.717) is 5.69 Å². The van der Waals surface area contributed by atoms with Crippen LogP contribution in [0.1, 0.15) is 16.7 Å². The monoisotopic (exact) mass is 357 g/mol. The zero-order valence-electron chi connectivity index (χ0n) is 14.3. The van der Waals surface area contributed by atoms with E-state index in [4.69, 9.17) is 5.26 Å². The Kier molecular flexibility index (Phi) is 5.57. The molecule has 0 aliphatic heterocycles. The SMILES string of the molecule is Cc1cccc(C)c1NC(=O)CN(C)S(=O)(=O)c1cccc(C#N)c1. The largest absolute Gasteiger partial charge is 0.324 e. The molecule has 0 saturated carbocycles. The first kappa shape index (κ1) is 18.6. The fraction of sp³-hybridized carbons (Fsp3) is 0.222. The Hall–Kier alpha value is -2.69. The molecule has 2 aromatic carbocycles. The normalized spacial score (nSPS) is 11.2. The molecule has 0 radical (unpaired) electrons. The van der Waals surface area contributed by atoms with Crippen LogP contribution in [0.5, 0.6) is 0 Å². The maximum Gasteiger partial charge on any atom is 0.243 e. The van der Waals surface area contributed by atoms with Crippen LogP contribution in [0.2, 0.25) is 0 Å². The van der Waals surface area contributed by atoms with Gasteiger partial charge in [-0.1, -0.05) is 24.3 Å². The molecule has 6 nitrogen and oxygen atoms in total. The minimum absolute atomic E-state index is 0.0195. The number of carbonyl (C=O) groups is 1. The summed E-state index contributed by atoms with van der Waals surface area (Å²) in [6.07, 6.45) is 0.